The fourth-order valence-corrected chi connectivity index (χ4v) is 2.45. The number of nitrogens with zero attached hydrogens (tertiary/aromatic N) is 3. The van der Waals surface area contributed by atoms with Gasteiger partial charge in [0.05, 0.1) is 11.1 Å². The predicted molar refractivity (Wildman–Crippen MR) is 76.3 cm³/mol. The fraction of sp³-hybridized carbons (Fsp3) is 0.0769. The van der Waals surface area contributed by atoms with Gasteiger partial charge in [0.1, 0.15) is 4.60 Å². The third kappa shape index (κ3) is 1.82. The van der Waals surface area contributed by atoms with E-state index < -0.39 is 0 Å². The Morgan fingerprint density at radius 1 is 1.28 bits per heavy atom. The van der Waals surface area contributed by atoms with Gasteiger partial charge in [0.2, 0.25) is 0 Å². The van der Waals surface area contributed by atoms with Gasteiger partial charge in [-0.15, -0.1) is 0 Å². The van der Waals surface area contributed by atoms with Crippen molar-refractivity contribution >= 4 is 38.6 Å². The minimum atomic E-state index is 0.725. The lowest BCUT2D eigenvalue weighted by atomic mass is 10.2. The van der Waals surface area contributed by atoms with Gasteiger partial charge in [-0.05, 0) is 52.7 Å². The van der Waals surface area contributed by atoms with Crippen LogP contribution in [0.15, 0.2) is 41.1 Å². The molecule has 0 unspecified atom stereocenters. The zero-order valence-corrected chi connectivity index (χ0v) is 11.9. The molecule has 2 aromatic heterocycles. The molecule has 5 heteroatoms. The van der Waals surface area contributed by atoms with Gasteiger partial charge in [-0.2, -0.15) is 5.10 Å². The molecule has 90 valence electrons. The second kappa shape index (κ2) is 4.37. The van der Waals surface area contributed by atoms with Gasteiger partial charge < -0.3 is 0 Å². The number of halogens is 2. The second-order valence-electron chi connectivity index (χ2n) is 4.01. The highest BCUT2D eigenvalue weighted by Crippen LogP contribution is 2.26. The van der Waals surface area contributed by atoms with Crippen molar-refractivity contribution in [2.24, 2.45) is 0 Å². The number of fused-ring (bicyclic) bond motifs is 1. The number of hydrogen-bond donors (Lipinski definition) is 0. The number of aromatic nitrogens is 3. The molecule has 0 amide bonds. The predicted octanol–water partition coefficient (Wildman–Crippen LogP) is 4.14. The SMILES string of the molecule is Cc1ccc(-n2nc(Br)c3cccnc32)cc1Cl. The van der Waals surface area contributed by atoms with Gasteiger partial charge in [0, 0.05) is 11.2 Å². The van der Waals surface area contributed by atoms with E-state index >= 15 is 0 Å². The first-order valence-corrected chi connectivity index (χ1v) is 6.59. The Morgan fingerprint density at radius 2 is 2.11 bits per heavy atom. The number of benzene rings is 1. The van der Waals surface area contributed by atoms with Crippen molar-refractivity contribution in [3.63, 3.8) is 0 Å². The molecule has 0 aliphatic heterocycles. The van der Waals surface area contributed by atoms with Gasteiger partial charge in [-0.1, -0.05) is 17.7 Å². The third-order valence-corrected chi connectivity index (χ3v) is 3.79. The van der Waals surface area contributed by atoms with Crippen LogP contribution in [0.2, 0.25) is 5.02 Å². The van der Waals surface area contributed by atoms with Crippen molar-refractivity contribution < 1.29 is 0 Å². The molecular formula is C13H9BrClN3. The summed E-state index contributed by atoms with van der Waals surface area (Å²) in [7, 11) is 0. The molecule has 0 N–H and O–H groups in total. The largest absolute Gasteiger partial charge is 0.236 e. The number of aryl methyl sites for hydroxylation is 1. The molecule has 1 aromatic carbocycles. The van der Waals surface area contributed by atoms with Crippen LogP contribution in [0.3, 0.4) is 0 Å². The maximum atomic E-state index is 6.15. The van der Waals surface area contributed by atoms with Crippen LogP contribution in [0.1, 0.15) is 5.56 Å². The molecule has 3 rings (SSSR count). The zero-order chi connectivity index (χ0) is 12.7. The summed E-state index contributed by atoms with van der Waals surface area (Å²) in [5.41, 5.74) is 2.76. The van der Waals surface area contributed by atoms with E-state index in [0.717, 1.165) is 31.9 Å². The molecule has 0 radical (unpaired) electrons. The Morgan fingerprint density at radius 3 is 2.89 bits per heavy atom. The lowest BCUT2D eigenvalue weighted by molar-refractivity contribution is 0.885. The van der Waals surface area contributed by atoms with E-state index in [9.17, 15) is 0 Å². The van der Waals surface area contributed by atoms with Crippen molar-refractivity contribution in [3.05, 3.63) is 51.7 Å². The van der Waals surface area contributed by atoms with Gasteiger partial charge in [-0.25, -0.2) is 9.67 Å². The molecule has 3 aromatic rings. The average molecular weight is 323 g/mol. The van der Waals surface area contributed by atoms with Crippen LogP contribution in [-0.4, -0.2) is 14.8 Å². The molecule has 0 fully saturated rings. The van der Waals surface area contributed by atoms with Crippen molar-refractivity contribution in [1.82, 2.24) is 14.8 Å². The standard InChI is InChI=1S/C13H9BrClN3/c1-8-4-5-9(7-11(8)15)18-13-10(12(14)17-18)3-2-6-16-13/h2-7H,1H3. The average Bonchev–Trinajstić information content (AvgIpc) is 2.71. The highest BCUT2D eigenvalue weighted by atomic mass is 79.9. The van der Waals surface area contributed by atoms with Crippen molar-refractivity contribution in [3.8, 4) is 5.69 Å². The summed E-state index contributed by atoms with van der Waals surface area (Å²) in [5, 5.41) is 6.15. The van der Waals surface area contributed by atoms with Crippen molar-refractivity contribution in [2.75, 3.05) is 0 Å². The molecule has 0 aliphatic carbocycles. The van der Waals surface area contributed by atoms with E-state index in [4.69, 9.17) is 11.6 Å². The molecule has 0 bridgehead atoms. The summed E-state index contributed by atoms with van der Waals surface area (Å²) in [6.07, 6.45) is 1.75. The lowest BCUT2D eigenvalue weighted by Gasteiger charge is -2.04. The summed E-state index contributed by atoms with van der Waals surface area (Å²) in [4.78, 5) is 4.36. The zero-order valence-electron chi connectivity index (χ0n) is 9.56. The first-order valence-electron chi connectivity index (χ1n) is 5.42. The Hall–Kier alpha value is -1.39. The molecule has 0 spiro atoms. The second-order valence-corrected chi connectivity index (χ2v) is 5.17. The van der Waals surface area contributed by atoms with E-state index in [1.807, 2.05) is 37.3 Å². The Labute approximate surface area is 118 Å². The minimum Gasteiger partial charge on any atom is -0.236 e. The monoisotopic (exact) mass is 321 g/mol. The minimum absolute atomic E-state index is 0.725. The molecule has 0 saturated carbocycles. The number of rotatable bonds is 1. The normalized spacial score (nSPS) is 11.1. The summed E-state index contributed by atoms with van der Waals surface area (Å²) in [6.45, 7) is 1.97. The van der Waals surface area contributed by atoms with E-state index in [2.05, 4.69) is 26.0 Å². The van der Waals surface area contributed by atoms with E-state index in [1.165, 1.54) is 0 Å². The Bertz CT molecular complexity index is 736. The van der Waals surface area contributed by atoms with E-state index in [-0.39, 0.29) is 0 Å². The third-order valence-electron chi connectivity index (χ3n) is 2.80. The first-order chi connectivity index (χ1) is 8.66. The van der Waals surface area contributed by atoms with Crippen LogP contribution in [-0.2, 0) is 0 Å². The maximum Gasteiger partial charge on any atom is 0.164 e. The topological polar surface area (TPSA) is 30.7 Å². The van der Waals surface area contributed by atoms with Gasteiger partial charge >= 0.3 is 0 Å². The van der Waals surface area contributed by atoms with Crippen LogP contribution in [0.4, 0.5) is 0 Å². The van der Waals surface area contributed by atoms with Crippen LogP contribution in [0.5, 0.6) is 0 Å². The van der Waals surface area contributed by atoms with Crippen molar-refractivity contribution in [2.45, 2.75) is 6.92 Å². The number of pyridine rings is 1. The van der Waals surface area contributed by atoms with E-state index in [1.54, 1.807) is 10.9 Å². The smallest absolute Gasteiger partial charge is 0.164 e. The quantitative estimate of drug-likeness (QED) is 0.674. The Balaban J connectivity index is 2.28. The Kier molecular flexibility index (Phi) is 2.84. The van der Waals surface area contributed by atoms with Crippen LogP contribution < -0.4 is 0 Å². The molecular weight excluding hydrogens is 314 g/mol. The van der Waals surface area contributed by atoms with Crippen LogP contribution >= 0.6 is 27.5 Å². The summed E-state index contributed by atoms with van der Waals surface area (Å²) in [6, 6.07) is 9.72. The highest BCUT2D eigenvalue weighted by Gasteiger charge is 2.11. The van der Waals surface area contributed by atoms with Crippen molar-refractivity contribution in [1.29, 1.82) is 0 Å². The summed E-state index contributed by atoms with van der Waals surface area (Å²) in [5.74, 6) is 0. The molecule has 2 heterocycles. The molecule has 18 heavy (non-hydrogen) atoms. The molecule has 3 nitrogen and oxygen atoms in total. The van der Waals surface area contributed by atoms with Gasteiger partial charge in [-0.3, -0.25) is 0 Å². The number of hydrogen-bond acceptors (Lipinski definition) is 2. The fourth-order valence-electron chi connectivity index (χ4n) is 1.81. The molecule has 0 saturated heterocycles. The summed E-state index contributed by atoms with van der Waals surface area (Å²) < 4.78 is 2.56. The molecule has 0 aliphatic rings. The van der Waals surface area contributed by atoms with E-state index in [0.29, 0.717) is 0 Å². The van der Waals surface area contributed by atoms with Gasteiger partial charge in [0.25, 0.3) is 0 Å². The maximum absolute atomic E-state index is 6.15. The first kappa shape index (κ1) is 11.7. The van der Waals surface area contributed by atoms with Gasteiger partial charge in [0.15, 0.2) is 5.65 Å². The highest BCUT2D eigenvalue weighted by molar-refractivity contribution is 9.10. The van der Waals surface area contributed by atoms with Crippen LogP contribution in [0, 0.1) is 6.92 Å². The van der Waals surface area contributed by atoms with Crippen LogP contribution in [0.25, 0.3) is 16.7 Å². The lowest BCUT2D eigenvalue weighted by Crippen LogP contribution is -1.97. The molecule has 0 atom stereocenters. The summed E-state index contributed by atoms with van der Waals surface area (Å²) >= 11 is 9.59.